The molecule has 0 aromatic rings. The minimum atomic E-state index is -0.800. The van der Waals surface area contributed by atoms with Crippen LogP contribution >= 0.6 is 0 Å². The third-order valence-corrected chi connectivity index (χ3v) is 3.69. The van der Waals surface area contributed by atoms with E-state index in [1.54, 1.807) is 0 Å². The molecule has 0 aromatic carbocycles. The Morgan fingerprint density at radius 3 is 2.50 bits per heavy atom. The Bertz CT molecular complexity index is 308. The molecule has 6 heteroatoms. The third-order valence-electron chi connectivity index (χ3n) is 3.69. The van der Waals surface area contributed by atoms with E-state index in [0.717, 1.165) is 25.9 Å². The van der Waals surface area contributed by atoms with E-state index in [1.165, 1.54) is 0 Å². The van der Waals surface area contributed by atoms with Crippen LogP contribution in [0.2, 0.25) is 0 Å². The van der Waals surface area contributed by atoms with Gasteiger partial charge in [0, 0.05) is 32.7 Å². The van der Waals surface area contributed by atoms with Crippen molar-refractivity contribution in [3.63, 3.8) is 0 Å². The van der Waals surface area contributed by atoms with Gasteiger partial charge in [-0.25, -0.2) is 0 Å². The largest absolute Gasteiger partial charge is 0.480 e. The minimum absolute atomic E-state index is 0.0764. The van der Waals surface area contributed by atoms with E-state index in [0.29, 0.717) is 26.2 Å². The van der Waals surface area contributed by atoms with Gasteiger partial charge in [-0.05, 0) is 19.4 Å². The van der Waals surface area contributed by atoms with Crippen molar-refractivity contribution in [2.75, 3.05) is 45.8 Å². The van der Waals surface area contributed by atoms with E-state index >= 15 is 0 Å². The number of piperidine rings is 1. The molecule has 0 spiro atoms. The summed E-state index contributed by atoms with van der Waals surface area (Å²) in [7, 11) is 0. The molecular weight excluding hydrogens is 234 g/mol. The fourth-order valence-electron chi connectivity index (χ4n) is 2.64. The number of carbonyl (C=O) groups excluding carboxylic acids is 1. The topological polar surface area (TPSA) is 72.9 Å². The molecule has 2 N–H and O–H groups in total. The highest BCUT2D eigenvalue weighted by Gasteiger charge is 2.28. The average molecular weight is 255 g/mol. The second-order valence-electron chi connectivity index (χ2n) is 5.04. The van der Waals surface area contributed by atoms with Crippen molar-refractivity contribution in [1.29, 1.82) is 0 Å². The maximum atomic E-state index is 12.2. The van der Waals surface area contributed by atoms with Gasteiger partial charge in [0.15, 0.2) is 0 Å². The molecule has 18 heavy (non-hydrogen) atoms. The van der Waals surface area contributed by atoms with Crippen molar-refractivity contribution < 1.29 is 14.7 Å². The van der Waals surface area contributed by atoms with Crippen molar-refractivity contribution >= 4 is 11.9 Å². The molecule has 0 unspecified atom stereocenters. The number of aliphatic carboxylic acids is 1. The van der Waals surface area contributed by atoms with Gasteiger partial charge in [-0.3, -0.25) is 14.5 Å². The summed E-state index contributed by atoms with van der Waals surface area (Å²) in [6, 6.07) is 0. The molecule has 0 saturated carbocycles. The summed E-state index contributed by atoms with van der Waals surface area (Å²) in [5, 5.41) is 12.0. The van der Waals surface area contributed by atoms with E-state index in [2.05, 4.69) is 5.32 Å². The molecule has 0 aliphatic carbocycles. The van der Waals surface area contributed by atoms with E-state index in [9.17, 15) is 9.59 Å². The maximum absolute atomic E-state index is 12.2. The van der Waals surface area contributed by atoms with Crippen LogP contribution in [0.15, 0.2) is 0 Å². The third kappa shape index (κ3) is 3.43. The van der Waals surface area contributed by atoms with Gasteiger partial charge in [-0.15, -0.1) is 0 Å². The Hall–Kier alpha value is -1.14. The summed E-state index contributed by atoms with van der Waals surface area (Å²) in [5.41, 5.74) is 0. The van der Waals surface area contributed by atoms with Gasteiger partial charge in [-0.2, -0.15) is 0 Å². The lowest BCUT2D eigenvalue weighted by atomic mass is 9.98. The molecule has 0 bridgehead atoms. The van der Waals surface area contributed by atoms with Crippen molar-refractivity contribution in [1.82, 2.24) is 15.1 Å². The highest BCUT2D eigenvalue weighted by Crippen LogP contribution is 2.14. The molecule has 2 saturated heterocycles. The van der Waals surface area contributed by atoms with E-state index in [1.807, 2.05) is 9.80 Å². The molecule has 1 atom stereocenters. The quantitative estimate of drug-likeness (QED) is 0.692. The van der Waals surface area contributed by atoms with E-state index < -0.39 is 5.97 Å². The van der Waals surface area contributed by atoms with Crippen LogP contribution in [-0.4, -0.2) is 72.6 Å². The van der Waals surface area contributed by atoms with Gasteiger partial charge in [-0.1, -0.05) is 0 Å². The number of hydrogen-bond donors (Lipinski definition) is 2. The van der Waals surface area contributed by atoms with Crippen LogP contribution in [0.25, 0.3) is 0 Å². The summed E-state index contributed by atoms with van der Waals surface area (Å²) in [6.45, 7) is 4.51. The first-order valence-corrected chi connectivity index (χ1v) is 6.60. The summed E-state index contributed by atoms with van der Waals surface area (Å²) < 4.78 is 0. The van der Waals surface area contributed by atoms with Gasteiger partial charge in [0.05, 0.1) is 12.5 Å². The number of nitrogens with zero attached hydrogens (tertiary/aromatic N) is 2. The fraction of sp³-hybridized carbons (Fsp3) is 0.833. The van der Waals surface area contributed by atoms with Gasteiger partial charge < -0.3 is 15.3 Å². The molecular formula is C12H21N3O3. The predicted octanol–water partition coefficient (Wildman–Crippen LogP) is -0.785. The summed E-state index contributed by atoms with van der Waals surface area (Å²) in [4.78, 5) is 26.6. The number of carbonyl (C=O) groups is 2. The first-order chi connectivity index (χ1) is 8.66. The zero-order valence-corrected chi connectivity index (χ0v) is 10.6. The maximum Gasteiger partial charge on any atom is 0.317 e. The zero-order valence-electron chi connectivity index (χ0n) is 10.6. The second kappa shape index (κ2) is 6.15. The lowest BCUT2D eigenvalue weighted by Gasteiger charge is -2.36. The first-order valence-electron chi connectivity index (χ1n) is 6.60. The number of carboxylic acid groups (broad SMARTS) is 1. The molecule has 2 aliphatic heterocycles. The Labute approximate surface area is 107 Å². The van der Waals surface area contributed by atoms with Crippen molar-refractivity contribution in [3.8, 4) is 0 Å². The molecule has 6 nitrogen and oxygen atoms in total. The highest BCUT2D eigenvalue weighted by atomic mass is 16.4. The van der Waals surface area contributed by atoms with Gasteiger partial charge in [0.2, 0.25) is 5.91 Å². The van der Waals surface area contributed by atoms with Gasteiger partial charge in [0.25, 0.3) is 0 Å². The lowest BCUT2D eigenvalue weighted by molar-refractivity contribution is -0.140. The van der Waals surface area contributed by atoms with Crippen LogP contribution in [0.3, 0.4) is 0 Å². The van der Waals surface area contributed by atoms with E-state index in [4.69, 9.17) is 5.11 Å². The molecule has 1 amide bonds. The van der Waals surface area contributed by atoms with Gasteiger partial charge >= 0.3 is 5.97 Å². The number of nitrogens with one attached hydrogen (secondary N) is 1. The Balaban J connectivity index is 1.78. The number of amides is 1. The van der Waals surface area contributed by atoms with Crippen molar-refractivity contribution in [2.45, 2.75) is 12.8 Å². The fourth-order valence-corrected chi connectivity index (χ4v) is 2.64. The van der Waals surface area contributed by atoms with Crippen LogP contribution in [0.5, 0.6) is 0 Å². The SMILES string of the molecule is O=C(O)CN1CCN(C(=O)[C@H]2CCCNC2)CC1. The highest BCUT2D eigenvalue weighted by molar-refractivity contribution is 5.79. The summed E-state index contributed by atoms with van der Waals surface area (Å²) in [6.07, 6.45) is 2.04. The zero-order chi connectivity index (χ0) is 13.0. The molecule has 2 rings (SSSR count). The Morgan fingerprint density at radius 2 is 1.94 bits per heavy atom. The first kappa shape index (κ1) is 13.3. The molecule has 2 aliphatic rings. The van der Waals surface area contributed by atoms with Gasteiger partial charge in [0.1, 0.15) is 0 Å². The molecule has 2 fully saturated rings. The monoisotopic (exact) mass is 255 g/mol. The van der Waals surface area contributed by atoms with Crippen molar-refractivity contribution in [3.05, 3.63) is 0 Å². The number of carboxylic acids is 1. The number of rotatable bonds is 3. The minimum Gasteiger partial charge on any atom is -0.480 e. The van der Waals surface area contributed by atoms with Crippen LogP contribution in [0.1, 0.15) is 12.8 Å². The predicted molar refractivity (Wildman–Crippen MR) is 66.2 cm³/mol. The molecule has 0 aromatic heterocycles. The molecule has 2 heterocycles. The average Bonchev–Trinajstić information content (AvgIpc) is 2.39. The summed E-state index contributed by atoms with van der Waals surface area (Å²) in [5.74, 6) is -0.451. The lowest BCUT2D eigenvalue weighted by Crippen LogP contribution is -2.52. The summed E-state index contributed by atoms with van der Waals surface area (Å²) >= 11 is 0. The Morgan fingerprint density at radius 1 is 1.22 bits per heavy atom. The van der Waals surface area contributed by atoms with E-state index in [-0.39, 0.29) is 18.4 Å². The van der Waals surface area contributed by atoms with Crippen molar-refractivity contribution in [2.24, 2.45) is 5.92 Å². The van der Waals surface area contributed by atoms with Crippen LogP contribution in [0, 0.1) is 5.92 Å². The number of hydrogen-bond acceptors (Lipinski definition) is 4. The normalized spacial score (nSPS) is 26.0. The number of piperazine rings is 1. The van der Waals surface area contributed by atoms with Crippen LogP contribution < -0.4 is 5.32 Å². The van der Waals surface area contributed by atoms with Crippen LogP contribution in [0.4, 0.5) is 0 Å². The Kier molecular flexibility index (Phi) is 4.54. The standard InChI is InChI=1S/C12H21N3O3/c16-11(17)9-14-4-6-15(7-5-14)12(18)10-2-1-3-13-8-10/h10,13H,1-9H2,(H,16,17)/t10-/m0/s1. The smallest absolute Gasteiger partial charge is 0.317 e. The molecule has 102 valence electrons. The molecule has 0 radical (unpaired) electrons. The second-order valence-corrected chi connectivity index (χ2v) is 5.04. The van der Waals surface area contributed by atoms with Crippen LogP contribution in [-0.2, 0) is 9.59 Å².